The number of pyridine rings is 1. The van der Waals surface area contributed by atoms with Crippen LogP contribution in [0.4, 0.5) is 10.2 Å². The van der Waals surface area contributed by atoms with Crippen LogP contribution in [-0.4, -0.2) is 24.0 Å². The first-order valence-corrected chi connectivity index (χ1v) is 5.63. The minimum atomic E-state index is -0.327. The molecule has 0 amide bonds. The SMILES string of the molecule is CCN(CCCl)c1ncc(Br)cc1F. The van der Waals surface area contributed by atoms with Gasteiger partial charge in [0.2, 0.25) is 0 Å². The fraction of sp³-hybridized carbons (Fsp3) is 0.444. The molecular formula is C9H11BrClFN2. The van der Waals surface area contributed by atoms with Gasteiger partial charge in [-0.3, -0.25) is 0 Å². The second kappa shape index (κ2) is 5.51. The Labute approximate surface area is 96.2 Å². The van der Waals surface area contributed by atoms with Crippen LogP contribution in [0.3, 0.4) is 0 Å². The zero-order chi connectivity index (χ0) is 10.6. The third-order valence-electron chi connectivity index (χ3n) is 1.82. The van der Waals surface area contributed by atoms with Gasteiger partial charge >= 0.3 is 0 Å². The smallest absolute Gasteiger partial charge is 0.166 e. The summed E-state index contributed by atoms with van der Waals surface area (Å²) in [6.07, 6.45) is 1.58. The quantitative estimate of drug-likeness (QED) is 0.789. The topological polar surface area (TPSA) is 16.1 Å². The van der Waals surface area contributed by atoms with Crippen molar-refractivity contribution in [2.24, 2.45) is 0 Å². The fourth-order valence-electron chi connectivity index (χ4n) is 1.16. The van der Waals surface area contributed by atoms with E-state index in [1.165, 1.54) is 6.07 Å². The van der Waals surface area contributed by atoms with Gasteiger partial charge in [-0.05, 0) is 28.9 Å². The largest absolute Gasteiger partial charge is 0.353 e. The van der Waals surface area contributed by atoms with Gasteiger partial charge < -0.3 is 4.90 Å². The van der Waals surface area contributed by atoms with E-state index in [0.717, 1.165) is 0 Å². The number of nitrogens with zero attached hydrogens (tertiary/aromatic N) is 2. The zero-order valence-electron chi connectivity index (χ0n) is 7.80. The Morgan fingerprint density at radius 3 is 2.86 bits per heavy atom. The Morgan fingerprint density at radius 1 is 1.64 bits per heavy atom. The van der Waals surface area contributed by atoms with Crippen molar-refractivity contribution in [3.8, 4) is 0 Å². The predicted molar refractivity (Wildman–Crippen MR) is 60.5 cm³/mol. The highest BCUT2D eigenvalue weighted by molar-refractivity contribution is 9.10. The zero-order valence-corrected chi connectivity index (χ0v) is 10.1. The Hall–Kier alpha value is -0.350. The van der Waals surface area contributed by atoms with Gasteiger partial charge in [0.1, 0.15) is 0 Å². The van der Waals surface area contributed by atoms with Crippen molar-refractivity contribution < 1.29 is 4.39 Å². The van der Waals surface area contributed by atoms with Gasteiger partial charge in [-0.25, -0.2) is 9.37 Å². The summed E-state index contributed by atoms with van der Waals surface area (Å²) in [7, 11) is 0. The van der Waals surface area contributed by atoms with Crippen LogP contribution in [0.25, 0.3) is 0 Å². The molecule has 0 aromatic carbocycles. The lowest BCUT2D eigenvalue weighted by Gasteiger charge is -2.20. The van der Waals surface area contributed by atoms with E-state index in [1.807, 2.05) is 6.92 Å². The van der Waals surface area contributed by atoms with E-state index in [2.05, 4.69) is 20.9 Å². The van der Waals surface area contributed by atoms with Gasteiger partial charge in [0, 0.05) is 29.6 Å². The molecule has 1 aromatic rings. The number of aromatic nitrogens is 1. The van der Waals surface area contributed by atoms with E-state index in [0.29, 0.717) is 29.3 Å². The van der Waals surface area contributed by atoms with E-state index >= 15 is 0 Å². The van der Waals surface area contributed by atoms with Gasteiger partial charge in [0.25, 0.3) is 0 Å². The van der Waals surface area contributed by atoms with Crippen LogP contribution < -0.4 is 4.90 Å². The summed E-state index contributed by atoms with van der Waals surface area (Å²) >= 11 is 8.77. The standard InChI is InChI=1S/C9H11BrClFN2/c1-2-14(4-3-11)9-8(12)5-7(10)6-13-9/h5-6H,2-4H2,1H3. The normalized spacial score (nSPS) is 10.3. The van der Waals surface area contributed by atoms with Gasteiger partial charge in [0.05, 0.1) is 0 Å². The van der Waals surface area contributed by atoms with Crippen LogP contribution in [0, 0.1) is 5.82 Å². The average Bonchev–Trinajstić information content (AvgIpc) is 2.15. The van der Waals surface area contributed by atoms with E-state index < -0.39 is 0 Å². The summed E-state index contributed by atoms with van der Waals surface area (Å²) in [4.78, 5) is 5.81. The summed E-state index contributed by atoms with van der Waals surface area (Å²) in [6, 6.07) is 1.40. The Balaban J connectivity index is 2.92. The van der Waals surface area contributed by atoms with Gasteiger partial charge in [0.15, 0.2) is 11.6 Å². The van der Waals surface area contributed by atoms with Gasteiger partial charge in [-0.15, -0.1) is 11.6 Å². The molecule has 14 heavy (non-hydrogen) atoms. The number of hydrogen-bond acceptors (Lipinski definition) is 2. The highest BCUT2D eigenvalue weighted by Crippen LogP contribution is 2.19. The summed E-state index contributed by atoms with van der Waals surface area (Å²) in [6.45, 7) is 3.23. The molecule has 0 aliphatic carbocycles. The highest BCUT2D eigenvalue weighted by atomic mass is 79.9. The maximum atomic E-state index is 13.4. The summed E-state index contributed by atoms with van der Waals surface area (Å²) in [5.74, 6) is 0.494. The number of anilines is 1. The first-order valence-electron chi connectivity index (χ1n) is 4.31. The number of halogens is 3. The third-order valence-corrected chi connectivity index (χ3v) is 2.43. The molecule has 78 valence electrons. The molecule has 0 spiro atoms. The molecule has 0 atom stereocenters. The van der Waals surface area contributed by atoms with Crippen molar-refractivity contribution in [2.75, 3.05) is 23.9 Å². The lowest BCUT2D eigenvalue weighted by Crippen LogP contribution is -2.26. The Bertz CT molecular complexity index is 309. The number of alkyl halides is 1. The lowest BCUT2D eigenvalue weighted by molar-refractivity contribution is 0.611. The first-order chi connectivity index (χ1) is 6.69. The van der Waals surface area contributed by atoms with Gasteiger partial charge in [-0.1, -0.05) is 0 Å². The second-order valence-electron chi connectivity index (χ2n) is 2.73. The third kappa shape index (κ3) is 2.82. The summed E-state index contributed by atoms with van der Waals surface area (Å²) in [5, 5.41) is 0. The molecule has 0 aliphatic rings. The monoisotopic (exact) mass is 280 g/mol. The van der Waals surface area contributed by atoms with Crippen molar-refractivity contribution in [3.63, 3.8) is 0 Å². The molecule has 0 aliphatic heterocycles. The van der Waals surface area contributed by atoms with Crippen molar-refractivity contribution in [1.82, 2.24) is 4.98 Å². The van der Waals surface area contributed by atoms with Crippen LogP contribution in [0.2, 0.25) is 0 Å². The van der Waals surface area contributed by atoms with Crippen molar-refractivity contribution in [2.45, 2.75) is 6.92 Å². The Morgan fingerprint density at radius 2 is 2.36 bits per heavy atom. The molecule has 1 aromatic heterocycles. The maximum absolute atomic E-state index is 13.4. The molecule has 0 radical (unpaired) electrons. The number of hydrogen-bond donors (Lipinski definition) is 0. The molecule has 0 fully saturated rings. The summed E-state index contributed by atoms with van der Waals surface area (Å²) < 4.78 is 14.1. The van der Waals surface area contributed by atoms with Crippen molar-refractivity contribution in [1.29, 1.82) is 0 Å². The molecule has 1 rings (SSSR count). The molecule has 0 saturated carbocycles. The lowest BCUT2D eigenvalue weighted by atomic mass is 10.4. The number of rotatable bonds is 4. The molecule has 2 nitrogen and oxygen atoms in total. The Kier molecular flexibility index (Phi) is 4.62. The highest BCUT2D eigenvalue weighted by Gasteiger charge is 2.10. The molecule has 0 bridgehead atoms. The van der Waals surface area contributed by atoms with Crippen LogP contribution in [0.15, 0.2) is 16.7 Å². The molecular weight excluding hydrogens is 270 g/mol. The molecule has 0 N–H and O–H groups in total. The minimum Gasteiger partial charge on any atom is -0.353 e. The van der Waals surface area contributed by atoms with Crippen molar-refractivity contribution >= 4 is 33.3 Å². The predicted octanol–water partition coefficient (Wildman–Crippen LogP) is 3.05. The molecule has 1 heterocycles. The average molecular weight is 282 g/mol. The summed E-state index contributed by atoms with van der Waals surface area (Å²) in [5.41, 5.74) is 0. The second-order valence-corrected chi connectivity index (χ2v) is 4.02. The molecule has 5 heteroatoms. The first kappa shape index (κ1) is 11.7. The van der Waals surface area contributed by atoms with Crippen molar-refractivity contribution in [3.05, 3.63) is 22.6 Å². The molecule has 0 unspecified atom stereocenters. The fourth-order valence-corrected chi connectivity index (χ4v) is 1.66. The van der Waals surface area contributed by atoms with E-state index in [-0.39, 0.29) is 5.82 Å². The van der Waals surface area contributed by atoms with E-state index in [1.54, 1.807) is 11.1 Å². The minimum absolute atomic E-state index is 0.327. The maximum Gasteiger partial charge on any atom is 0.166 e. The van der Waals surface area contributed by atoms with E-state index in [9.17, 15) is 4.39 Å². The van der Waals surface area contributed by atoms with Crippen LogP contribution in [0.1, 0.15) is 6.92 Å². The van der Waals surface area contributed by atoms with Gasteiger partial charge in [-0.2, -0.15) is 0 Å². The van der Waals surface area contributed by atoms with Crippen LogP contribution >= 0.6 is 27.5 Å². The van der Waals surface area contributed by atoms with Crippen LogP contribution in [-0.2, 0) is 0 Å². The molecule has 0 saturated heterocycles. The van der Waals surface area contributed by atoms with Crippen LogP contribution in [0.5, 0.6) is 0 Å². The van der Waals surface area contributed by atoms with E-state index in [4.69, 9.17) is 11.6 Å².